The average Bonchev–Trinajstić information content (AvgIpc) is 3.19. The molecule has 2 heterocycles. The van der Waals surface area contributed by atoms with Crippen molar-refractivity contribution in [3.8, 4) is 5.82 Å². The Morgan fingerprint density at radius 1 is 1.43 bits per heavy atom. The molecular formula is C15H17N5O. The summed E-state index contributed by atoms with van der Waals surface area (Å²) in [4.78, 5) is 20.0. The largest absolute Gasteiger partial charge is 0.352 e. The molecule has 0 aliphatic heterocycles. The van der Waals surface area contributed by atoms with Crippen molar-refractivity contribution in [3.05, 3.63) is 48.7 Å². The van der Waals surface area contributed by atoms with Gasteiger partial charge in [-0.3, -0.25) is 4.79 Å². The standard InChI is InChI=1S/C15H17N5O/c21-15(7-12-3-1-2-4-12)18-9-13-5-6-14(17-8-13)20-11-16-10-19-20/h1,3,5-6,8,10-12H,2,4,7,9H2,(H,18,21)/t12-/m0/s1. The van der Waals surface area contributed by atoms with Crippen molar-refractivity contribution >= 4 is 5.91 Å². The SMILES string of the molecule is O=C(C[C@H]1C=CCC1)NCc1ccc(-n2cncn2)nc1. The van der Waals surface area contributed by atoms with E-state index in [1.165, 1.54) is 6.33 Å². The first-order valence-electron chi connectivity index (χ1n) is 7.04. The fourth-order valence-corrected chi connectivity index (χ4v) is 2.36. The van der Waals surface area contributed by atoms with Crippen molar-refractivity contribution in [1.29, 1.82) is 0 Å². The first-order chi connectivity index (χ1) is 10.3. The van der Waals surface area contributed by atoms with Crippen molar-refractivity contribution in [1.82, 2.24) is 25.1 Å². The molecule has 3 rings (SSSR count). The molecule has 2 aromatic heterocycles. The minimum Gasteiger partial charge on any atom is -0.352 e. The normalized spacial score (nSPS) is 17.0. The number of carbonyl (C=O) groups is 1. The molecule has 0 radical (unpaired) electrons. The molecule has 0 fully saturated rings. The second kappa shape index (κ2) is 6.30. The maximum Gasteiger partial charge on any atom is 0.220 e. The van der Waals surface area contributed by atoms with E-state index in [4.69, 9.17) is 0 Å². The lowest BCUT2D eigenvalue weighted by atomic mass is 10.1. The Balaban J connectivity index is 1.51. The second-order valence-electron chi connectivity index (χ2n) is 5.11. The van der Waals surface area contributed by atoms with Gasteiger partial charge in [0.2, 0.25) is 5.91 Å². The fourth-order valence-electron chi connectivity index (χ4n) is 2.36. The number of aromatic nitrogens is 4. The van der Waals surface area contributed by atoms with Crippen molar-refractivity contribution in [3.63, 3.8) is 0 Å². The van der Waals surface area contributed by atoms with E-state index in [0.717, 1.165) is 18.4 Å². The van der Waals surface area contributed by atoms with Gasteiger partial charge in [-0.15, -0.1) is 0 Å². The van der Waals surface area contributed by atoms with Gasteiger partial charge in [-0.25, -0.2) is 14.6 Å². The smallest absolute Gasteiger partial charge is 0.220 e. The molecular weight excluding hydrogens is 266 g/mol. The summed E-state index contributed by atoms with van der Waals surface area (Å²) < 4.78 is 1.59. The molecule has 0 spiro atoms. The molecule has 6 heteroatoms. The van der Waals surface area contributed by atoms with Gasteiger partial charge in [0.25, 0.3) is 0 Å². The third-order valence-electron chi connectivity index (χ3n) is 3.51. The molecule has 0 saturated heterocycles. The minimum absolute atomic E-state index is 0.0897. The zero-order chi connectivity index (χ0) is 14.5. The third-order valence-corrected chi connectivity index (χ3v) is 3.51. The summed E-state index contributed by atoms with van der Waals surface area (Å²) in [5.74, 6) is 1.20. The van der Waals surface area contributed by atoms with Gasteiger partial charge >= 0.3 is 0 Å². The van der Waals surface area contributed by atoms with E-state index in [2.05, 4.69) is 32.5 Å². The van der Waals surface area contributed by atoms with E-state index in [-0.39, 0.29) is 5.91 Å². The molecule has 1 amide bonds. The van der Waals surface area contributed by atoms with Crippen LogP contribution >= 0.6 is 0 Å². The van der Waals surface area contributed by atoms with Crippen LogP contribution < -0.4 is 5.32 Å². The van der Waals surface area contributed by atoms with Crippen LogP contribution in [0.2, 0.25) is 0 Å². The Morgan fingerprint density at radius 3 is 3.05 bits per heavy atom. The molecule has 1 N–H and O–H groups in total. The predicted octanol–water partition coefficient (Wildman–Crippen LogP) is 1.63. The lowest BCUT2D eigenvalue weighted by Gasteiger charge is -2.09. The summed E-state index contributed by atoms with van der Waals surface area (Å²) >= 11 is 0. The van der Waals surface area contributed by atoms with Crippen molar-refractivity contribution < 1.29 is 4.79 Å². The Bertz CT molecular complexity index is 618. The Kier molecular flexibility index (Phi) is 4.04. The van der Waals surface area contributed by atoms with E-state index in [1.54, 1.807) is 17.2 Å². The number of nitrogens with one attached hydrogen (secondary N) is 1. The van der Waals surface area contributed by atoms with Gasteiger partial charge in [-0.05, 0) is 30.4 Å². The fraction of sp³-hybridized carbons (Fsp3) is 0.333. The number of allylic oxidation sites excluding steroid dienone is 2. The molecule has 1 atom stereocenters. The van der Waals surface area contributed by atoms with E-state index < -0.39 is 0 Å². The van der Waals surface area contributed by atoms with Crippen LogP contribution in [0.25, 0.3) is 5.82 Å². The van der Waals surface area contributed by atoms with Crippen molar-refractivity contribution in [2.45, 2.75) is 25.8 Å². The molecule has 6 nitrogen and oxygen atoms in total. The Hall–Kier alpha value is -2.50. The first kappa shape index (κ1) is 13.5. The number of carbonyl (C=O) groups excluding carboxylic acids is 1. The summed E-state index contributed by atoms with van der Waals surface area (Å²) in [5, 5.41) is 6.95. The lowest BCUT2D eigenvalue weighted by molar-refractivity contribution is -0.121. The molecule has 0 saturated carbocycles. The summed E-state index contributed by atoms with van der Waals surface area (Å²) in [6.45, 7) is 0.500. The van der Waals surface area contributed by atoms with Crippen LogP contribution in [-0.4, -0.2) is 25.7 Å². The maximum absolute atomic E-state index is 11.8. The van der Waals surface area contributed by atoms with Crippen LogP contribution in [0.3, 0.4) is 0 Å². The molecule has 0 aromatic carbocycles. The highest BCUT2D eigenvalue weighted by atomic mass is 16.1. The highest BCUT2D eigenvalue weighted by molar-refractivity contribution is 5.76. The van der Waals surface area contributed by atoms with Crippen LogP contribution in [0, 0.1) is 5.92 Å². The van der Waals surface area contributed by atoms with Crippen molar-refractivity contribution in [2.75, 3.05) is 0 Å². The monoisotopic (exact) mass is 283 g/mol. The zero-order valence-electron chi connectivity index (χ0n) is 11.6. The molecule has 21 heavy (non-hydrogen) atoms. The van der Waals surface area contributed by atoms with Gasteiger partial charge in [0.1, 0.15) is 12.7 Å². The average molecular weight is 283 g/mol. The lowest BCUT2D eigenvalue weighted by Crippen LogP contribution is -2.24. The van der Waals surface area contributed by atoms with Crippen LogP contribution in [0.15, 0.2) is 43.1 Å². The quantitative estimate of drug-likeness (QED) is 0.847. The van der Waals surface area contributed by atoms with Crippen LogP contribution in [-0.2, 0) is 11.3 Å². The molecule has 0 unspecified atom stereocenters. The number of pyridine rings is 1. The van der Waals surface area contributed by atoms with Gasteiger partial charge < -0.3 is 5.32 Å². The van der Waals surface area contributed by atoms with Gasteiger partial charge in [0, 0.05) is 19.2 Å². The van der Waals surface area contributed by atoms with E-state index >= 15 is 0 Å². The number of amides is 1. The summed E-state index contributed by atoms with van der Waals surface area (Å²) in [5.41, 5.74) is 0.967. The summed E-state index contributed by atoms with van der Waals surface area (Å²) in [6.07, 6.45) is 11.8. The van der Waals surface area contributed by atoms with E-state index in [9.17, 15) is 4.79 Å². The maximum atomic E-state index is 11.8. The van der Waals surface area contributed by atoms with Crippen LogP contribution in [0.4, 0.5) is 0 Å². The number of hydrogen-bond acceptors (Lipinski definition) is 4. The molecule has 108 valence electrons. The molecule has 2 aromatic rings. The topological polar surface area (TPSA) is 72.7 Å². The molecule has 0 bridgehead atoms. The molecule has 1 aliphatic carbocycles. The van der Waals surface area contributed by atoms with E-state index in [0.29, 0.717) is 24.7 Å². The highest BCUT2D eigenvalue weighted by Crippen LogP contribution is 2.20. The van der Waals surface area contributed by atoms with Crippen LogP contribution in [0.5, 0.6) is 0 Å². The highest BCUT2D eigenvalue weighted by Gasteiger charge is 2.13. The summed E-state index contributed by atoms with van der Waals surface area (Å²) in [7, 11) is 0. The van der Waals surface area contributed by atoms with E-state index in [1.807, 2.05) is 12.1 Å². The van der Waals surface area contributed by atoms with Gasteiger partial charge in [0.05, 0.1) is 0 Å². The number of nitrogens with zero attached hydrogens (tertiary/aromatic N) is 4. The number of hydrogen-bond donors (Lipinski definition) is 1. The second-order valence-corrected chi connectivity index (χ2v) is 5.11. The molecule has 1 aliphatic rings. The Morgan fingerprint density at radius 2 is 2.38 bits per heavy atom. The minimum atomic E-state index is 0.0897. The first-order valence-corrected chi connectivity index (χ1v) is 7.04. The van der Waals surface area contributed by atoms with Crippen LogP contribution in [0.1, 0.15) is 24.8 Å². The van der Waals surface area contributed by atoms with Gasteiger partial charge in [-0.2, -0.15) is 5.10 Å². The third kappa shape index (κ3) is 3.53. The predicted molar refractivity (Wildman–Crippen MR) is 77.5 cm³/mol. The van der Waals surface area contributed by atoms with Crippen molar-refractivity contribution in [2.24, 2.45) is 5.92 Å². The Labute approximate surface area is 122 Å². The van der Waals surface area contributed by atoms with Gasteiger partial charge in [0.15, 0.2) is 5.82 Å². The zero-order valence-corrected chi connectivity index (χ0v) is 11.6. The van der Waals surface area contributed by atoms with Gasteiger partial charge in [-0.1, -0.05) is 18.2 Å². The summed E-state index contributed by atoms with van der Waals surface area (Å²) in [6, 6.07) is 3.79. The number of rotatable bonds is 5.